The summed E-state index contributed by atoms with van der Waals surface area (Å²) in [6.45, 7) is 2.76. The first-order valence-corrected chi connectivity index (χ1v) is 9.22. The van der Waals surface area contributed by atoms with Gasteiger partial charge in [0, 0.05) is 25.9 Å². The summed E-state index contributed by atoms with van der Waals surface area (Å²) in [6, 6.07) is 0.428. The molecular weight excluding hydrogens is 272 g/mol. The molecule has 0 aromatic rings. The fraction of sp³-hybridized carbons (Fsp3) is 1.00. The Hall–Kier alpha value is 0.190. The number of hydrogen-bond donors (Lipinski definition) is 2. The zero-order chi connectivity index (χ0) is 13.8. The second-order valence-electron chi connectivity index (χ2n) is 6.64. The average molecular weight is 300 g/mol. The van der Waals surface area contributed by atoms with Gasteiger partial charge in [-0.25, -0.2) is 0 Å². The second kappa shape index (κ2) is 6.97. The summed E-state index contributed by atoms with van der Waals surface area (Å²) in [4.78, 5) is 0. The van der Waals surface area contributed by atoms with Gasteiger partial charge in [0.25, 0.3) is 0 Å². The summed E-state index contributed by atoms with van der Waals surface area (Å²) in [5, 5.41) is 0. The van der Waals surface area contributed by atoms with Crippen LogP contribution in [0.15, 0.2) is 0 Å². The monoisotopic (exact) mass is 300 g/mol. The van der Waals surface area contributed by atoms with Crippen LogP contribution in [-0.2, 0) is 9.47 Å². The number of hydrogen-bond acceptors (Lipinski definition) is 5. The van der Waals surface area contributed by atoms with Crippen LogP contribution in [-0.4, -0.2) is 43.0 Å². The average Bonchev–Trinajstić information content (AvgIpc) is 2.98. The molecule has 0 aliphatic carbocycles. The normalized spacial score (nSPS) is 35.2. The lowest BCUT2D eigenvalue weighted by Gasteiger charge is -2.45. The van der Waals surface area contributed by atoms with Crippen molar-refractivity contribution >= 4 is 11.8 Å². The summed E-state index contributed by atoms with van der Waals surface area (Å²) in [5.74, 6) is 9.73. The van der Waals surface area contributed by atoms with Crippen LogP contribution < -0.4 is 11.3 Å². The molecule has 0 aromatic heterocycles. The van der Waals surface area contributed by atoms with Crippen molar-refractivity contribution in [3.63, 3.8) is 0 Å². The lowest BCUT2D eigenvalue weighted by atomic mass is 9.76. The van der Waals surface area contributed by atoms with Gasteiger partial charge in [0.15, 0.2) is 0 Å². The zero-order valence-electron chi connectivity index (χ0n) is 12.3. The fourth-order valence-corrected chi connectivity index (χ4v) is 5.26. The number of ether oxygens (including phenoxy) is 2. The molecular formula is C15H28N2O2S. The first-order chi connectivity index (χ1) is 9.81. The summed E-state index contributed by atoms with van der Waals surface area (Å²) in [7, 11) is 0. The Bertz CT molecular complexity index is 299. The van der Waals surface area contributed by atoms with Gasteiger partial charge in [-0.2, -0.15) is 11.8 Å². The van der Waals surface area contributed by atoms with Crippen LogP contribution in [0.5, 0.6) is 0 Å². The number of thioether (sulfide) groups is 1. The van der Waals surface area contributed by atoms with Crippen LogP contribution in [0, 0.1) is 11.8 Å². The molecule has 3 N–H and O–H groups in total. The number of nitrogens with one attached hydrogen (secondary N) is 1. The van der Waals surface area contributed by atoms with Crippen molar-refractivity contribution in [2.75, 3.05) is 31.3 Å². The molecule has 3 aliphatic heterocycles. The highest BCUT2D eigenvalue weighted by Gasteiger charge is 2.41. The Kier molecular flexibility index (Phi) is 5.26. The van der Waals surface area contributed by atoms with Crippen molar-refractivity contribution in [3.05, 3.63) is 0 Å². The number of nitrogens with two attached hydrogens (primary N) is 1. The predicted molar refractivity (Wildman–Crippen MR) is 82.6 cm³/mol. The molecule has 0 radical (unpaired) electrons. The van der Waals surface area contributed by atoms with E-state index in [0.717, 1.165) is 32.7 Å². The highest BCUT2D eigenvalue weighted by molar-refractivity contribution is 7.99. The van der Waals surface area contributed by atoms with E-state index in [4.69, 9.17) is 15.3 Å². The van der Waals surface area contributed by atoms with Crippen LogP contribution in [0.3, 0.4) is 0 Å². The summed E-state index contributed by atoms with van der Waals surface area (Å²) in [6.07, 6.45) is 7.14. The fourth-order valence-electron chi connectivity index (χ4n) is 4.03. The molecule has 3 fully saturated rings. The van der Waals surface area contributed by atoms with Crippen molar-refractivity contribution in [3.8, 4) is 0 Å². The minimum atomic E-state index is 0.162. The van der Waals surface area contributed by atoms with Gasteiger partial charge in [0.2, 0.25) is 0 Å². The molecule has 4 nitrogen and oxygen atoms in total. The van der Waals surface area contributed by atoms with Crippen LogP contribution >= 0.6 is 11.8 Å². The van der Waals surface area contributed by atoms with Gasteiger partial charge in [0.05, 0.1) is 5.60 Å². The highest BCUT2D eigenvalue weighted by atomic mass is 32.2. The van der Waals surface area contributed by atoms with E-state index in [1.165, 1.54) is 37.2 Å². The topological polar surface area (TPSA) is 56.5 Å². The minimum Gasteiger partial charge on any atom is -0.381 e. The summed E-state index contributed by atoms with van der Waals surface area (Å²) in [5.41, 5.74) is 3.27. The van der Waals surface area contributed by atoms with Crippen molar-refractivity contribution in [1.29, 1.82) is 0 Å². The molecule has 0 amide bonds. The van der Waals surface area contributed by atoms with Crippen molar-refractivity contribution in [2.45, 2.75) is 50.2 Å². The summed E-state index contributed by atoms with van der Waals surface area (Å²) >= 11 is 2.07. The molecule has 0 bridgehead atoms. The molecule has 3 saturated heterocycles. The van der Waals surface area contributed by atoms with Crippen LogP contribution in [0.4, 0.5) is 0 Å². The van der Waals surface area contributed by atoms with Gasteiger partial charge < -0.3 is 9.47 Å². The zero-order valence-corrected chi connectivity index (χ0v) is 13.1. The molecule has 0 aromatic carbocycles. The Morgan fingerprint density at radius 2 is 2.10 bits per heavy atom. The van der Waals surface area contributed by atoms with Gasteiger partial charge in [-0.1, -0.05) is 0 Å². The van der Waals surface area contributed by atoms with Gasteiger partial charge in [-0.15, -0.1) is 0 Å². The first kappa shape index (κ1) is 15.1. The summed E-state index contributed by atoms with van der Waals surface area (Å²) < 4.78 is 11.7. The first-order valence-electron chi connectivity index (χ1n) is 8.07. The van der Waals surface area contributed by atoms with E-state index in [1.54, 1.807) is 0 Å². The van der Waals surface area contributed by atoms with Crippen molar-refractivity contribution in [1.82, 2.24) is 5.43 Å². The molecule has 20 heavy (non-hydrogen) atoms. The van der Waals surface area contributed by atoms with E-state index in [-0.39, 0.29) is 5.60 Å². The Morgan fingerprint density at radius 3 is 2.80 bits per heavy atom. The molecule has 3 aliphatic rings. The van der Waals surface area contributed by atoms with E-state index >= 15 is 0 Å². The largest absolute Gasteiger partial charge is 0.381 e. The molecule has 116 valence electrons. The maximum Gasteiger partial charge on any atom is 0.0701 e. The van der Waals surface area contributed by atoms with Gasteiger partial charge in [-0.3, -0.25) is 11.3 Å². The van der Waals surface area contributed by atoms with Crippen LogP contribution in [0.2, 0.25) is 0 Å². The Morgan fingerprint density at radius 1 is 1.25 bits per heavy atom. The Labute approximate surface area is 126 Å². The van der Waals surface area contributed by atoms with Gasteiger partial charge >= 0.3 is 0 Å². The molecule has 3 atom stereocenters. The van der Waals surface area contributed by atoms with Crippen LogP contribution in [0.1, 0.15) is 38.5 Å². The van der Waals surface area contributed by atoms with E-state index in [0.29, 0.717) is 17.9 Å². The predicted octanol–water partition coefficient (Wildman–Crippen LogP) is 1.94. The molecule has 0 saturated carbocycles. The molecule has 3 rings (SSSR count). The van der Waals surface area contributed by atoms with E-state index in [1.807, 2.05) is 0 Å². The minimum absolute atomic E-state index is 0.162. The number of rotatable bonds is 4. The third kappa shape index (κ3) is 3.50. The van der Waals surface area contributed by atoms with Crippen molar-refractivity contribution in [2.24, 2.45) is 17.7 Å². The van der Waals surface area contributed by atoms with E-state index < -0.39 is 0 Å². The molecule has 5 heteroatoms. The lowest BCUT2D eigenvalue weighted by Crippen LogP contribution is -2.50. The van der Waals surface area contributed by atoms with Crippen molar-refractivity contribution < 1.29 is 9.47 Å². The maximum atomic E-state index is 6.19. The SMILES string of the molecule is NNC(CC1CCOC1)C1CCOC2(CCSCC2)C1. The quantitative estimate of drug-likeness (QED) is 0.614. The van der Waals surface area contributed by atoms with Gasteiger partial charge in [0.1, 0.15) is 0 Å². The van der Waals surface area contributed by atoms with E-state index in [2.05, 4.69) is 17.2 Å². The smallest absolute Gasteiger partial charge is 0.0701 e. The molecule has 3 heterocycles. The number of hydrazine groups is 1. The lowest BCUT2D eigenvalue weighted by molar-refractivity contribution is -0.108. The van der Waals surface area contributed by atoms with Crippen LogP contribution in [0.25, 0.3) is 0 Å². The molecule has 3 unspecified atom stereocenters. The third-order valence-corrected chi connectivity index (χ3v) is 6.32. The van der Waals surface area contributed by atoms with E-state index in [9.17, 15) is 0 Å². The second-order valence-corrected chi connectivity index (χ2v) is 7.86. The standard InChI is InChI=1S/C15H28N2O2S/c16-17-14(9-12-1-5-18-11-12)13-2-6-19-15(10-13)3-7-20-8-4-15/h12-14,17H,1-11,16H2. The highest BCUT2D eigenvalue weighted by Crippen LogP contribution is 2.41. The van der Waals surface area contributed by atoms with Gasteiger partial charge in [-0.05, 0) is 61.9 Å². The molecule has 1 spiro atoms. The Balaban J connectivity index is 1.58. The third-order valence-electron chi connectivity index (χ3n) is 5.33. The maximum absolute atomic E-state index is 6.19.